The van der Waals surface area contributed by atoms with Crippen LogP contribution < -0.4 is 5.56 Å². The van der Waals surface area contributed by atoms with Crippen molar-refractivity contribution in [3.05, 3.63) is 129 Å². The minimum atomic E-state index is -2.12. The second-order valence-corrected chi connectivity index (χ2v) is 13.4. The van der Waals surface area contributed by atoms with Crippen LogP contribution in [0.25, 0.3) is 33.4 Å². The van der Waals surface area contributed by atoms with Crippen molar-refractivity contribution in [2.75, 3.05) is 0 Å². The van der Waals surface area contributed by atoms with Gasteiger partial charge < -0.3 is 24.0 Å². The molecule has 0 spiro atoms. The lowest BCUT2D eigenvalue weighted by Crippen LogP contribution is -2.48. The Morgan fingerprint density at radius 2 is 1.70 bits per heavy atom. The van der Waals surface area contributed by atoms with Gasteiger partial charge in [0, 0.05) is 51.4 Å². The maximum absolute atomic E-state index is 13.9. The van der Waals surface area contributed by atoms with E-state index in [9.17, 15) is 49.8 Å². The van der Waals surface area contributed by atoms with E-state index in [2.05, 4.69) is 5.16 Å². The number of hydrogen-bond acceptors (Lipinski definition) is 15. The number of oxime groups is 1. The summed E-state index contributed by atoms with van der Waals surface area (Å²) in [7, 11) is 0. The maximum atomic E-state index is 13.9. The molecule has 0 unspecified atom stereocenters. The maximum Gasteiger partial charge on any atom is 0.355 e. The molecule has 56 heavy (non-hydrogen) atoms. The number of non-ortho nitro benzene ring substituents is 2. The lowest BCUT2D eigenvalue weighted by atomic mass is 9.85. The van der Waals surface area contributed by atoms with E-state index in [1.54, 1.807) is 31.2 Å². The Morgan fingerprint density at radius 3 is 2.38 bits per heavy atom. The van der Waals surface area contributed by atoms with Crippen molar-refractivity contribution in [3.63, 3.8) is 0 Å². The minimum Gasteiger partial charge on any atom is -0.508 e. The number of aromatic nitrogens is 2. The van der Waals surface area contributed by atoms with Crippen molar-refractivity contribution in [2.45, 2.75) is 52.0 Å². The molecule has 0 saturated heterocycles. The third kappa shape index (κ3) is 5.22. The molecule has 5 aromatic rings. The smallest absolute Gasteiger partial charge is 0.355 e. The number of aromatic hydroxyl groups is 1. The number of hydrogen-bond donors (Lipinski definition) is 1. The zero-order valence-corrected chi connectivity index (χ0v) is 29.4. The van der Waals surface area contributed by atoms with E-state index in [0.29, 0.717) is 27.9 Å². The molecule has 3 aliphatic rings. The number of carbonyl (C=O) groups is 2. The number of cyclic esters (lactones) is 1. The Balaban J connectivity index is 1.18. The fourth-order valence-electron chi connectivity index (χ4n) is 7.51. The van der Waals surface area contributed by atoms with Gasteiger partial charge in [0.05, 0.1) is 55.4 Å². The van der Waals surface area contributed by atoms with Crippen LogP contribution in [0.5, 0.6) is 5.75 Å². The molecule has 0 amide bonds. The zero-order valence-electron chi connectivity index (χ0n) is 29.4. The normalized spacial score (nSPS) is 17.3. The second kappa shape index (κ2) is 12.5. The number of phenolic OH excluding ortho intramolecular Hbond substituents is 1. The number of benzene rings is 3. The van der Waals surface area contributed by atoms with E-state index < -0.39 is 67.6 Å². The molecule has 19 nitrogen and oxygen atoms in total. The van der Waals surface area contributed by atoms with E-state index in [0.717, 1.165) is 18.2 Å². The Labute approximate surface area is 312 Å². The van der Waals surface area contributed by atoms with Crippen LogP contribution in [0, 0.1) is 37.3 Å². The van der Waals surface area contributed by atoms with Gasteiger partial charge in [0.1, 0.15) is 18.1 Å². The lowest BCUT2D eigenvalue weighted by molar-refractivity contribution is -0.393. The zero-order chi connectivity index (χ0) is 40.0. The largest absolute Gasteiger partial charge is 0.508 e. The summed E-state index contributed by atoms with van der Waals surface area (Å²) < 4.78 is 12.7. The third-order valence-electron chi connectivity index (χ3n) is 10.2. The number of carbonyl (C=O) groups excluding carboxylic acids is 2. The van der Waals surface area contributed by atoms with Crippen molar-refractivity contribution in [1.82, 2.24) is 9.55 Å². The minimum absolute atomic E-state index is 0.0153. The standard InChI is InChI=1S/C37H26N6O13/c1-4-37(26-13-29-32-19(8-18-9-22(44)5-6-27(18)38-32)14-40(29)34(45)25(26)15-54-36(37)47)55-35(46)17(3)56-39-33-23-10-20(41(48)49)7-16(2)30(23)31-24(33)11-21(42(50)51)12-28(31)43(52)53/h5-13,17,44H,4,14-15H2,1-3H3/b39-33-/t17-,37-/m0/s1. The van der Waals surface area contributed by atoms with E-state index in [1.165, 1.54) is 30.5 Å². The molecule has 1 N–H and O–H groups in total. The molecular weight excluding hydrogens is 736 g/mol. The first-order valence-electron chi connectivity index (χ1n) is 16.9. The first kappa shape index (κ1) is 35.5. The summed E-state index contributed by atoms with van der Waals surface area (Å²) in [5.41, 5.74) is -2.27. The van der Waals surface area contributed by atoms with Crippen LogP contribution in [0.4, 0.5) is 17.1 Å². The number of fused-ring (bicyclic) bond motifs is 8. The number of nitro groups is 3. The van der Waals surface area contributed by atoms with Gasteiger partial charge in [-0.25, -0.2) is 14.6 Å². The number of nitrogens with zero attached hydrogens (tertiary/aromatic N) is 6. The Morgan fingerprint density at radius 1 is 1.00 bits per heavy atom. The van der Waals surface area contributed by atoms with Crippen molar-refractivity contribution >= 4 is 45.6 Å². The molecule has 0 saturated carbocycles. The third-order valence-corrected chi connectivity index (χ3v) is 10.2. The van der Waals surface area contributed by atoms with Gasteiger partial charge in [-0.05, 0) is 56.2 Å². The van der Waals surface area contributed by atoms with Crippen LogP contribution in [-0.4, -0.2) is 53.2 Å². The molecule has 0 fully saturated rings. The van der Waals surface area contributed by atoms with Crippen molar-refractivity contribution in [3.8, 4) is 28.3 Å². The number of nitro benzene ring substituents is 3. The Bertz CT molecular complexity index is 2780. The van der Waals surface area contributed by atoms with Crippen LogP contribution >= 0.6 is 0 Å². The highest BCUT2D eigenvalue weighted by Gasteiger charge is 2.51. The van der Waals surface area contributed by atoms with Gasteiger partial charge in [0.2, 0.25) is 11.7 Å². The van der Waals surface area contributed by atoms with Crippen molar-refractivity contribution < 1.29 is 43.8 Å². The number of esters is 2. The van der Waals surface area contributed by atoms with E-state index in [-0.39, 0.29) is 63.4 Å². The van der Waals surface area contributed by atoms with E-state index in [1.807, 2.05) is 0 Å². The van der Waals surface area contributed by atoms with Gasteiger partial charge in [-0.1, -0.05) is 12.1 Å². The number of rotatable bonds is 8. The van der Waals surface area contributed by atoms with Gasteiger partial charge >= 0.3 is 11.9 Å². The molecule has 8 rings (SSSR count). The molecule has 0 radical (unpaired) electrons. The SMILES string of the molecule is CC[C@@]1(OC(=O)[C@H](C)O/N=C2/c3cc([N+](=O)[O-])cc(C)c3-c3c2cc([N+](=O)[O-])cc3[N+](=O)[O-])C(=O)OCc2c1cc1n(c2=O)Cc2cc3cc(O)ccc3nc2-1. The fourth-order valence-corrected chi connectivity index (χ4v) is 7.51. The van der Waals surface area contributed by atoms with E-state index >= 15 is 0 Å². The molecule has 1 aliphatic carbocycles. The number of ether oxygens (including phenoxy) is 2. The average molecular weight is 763 g/mol. The van der Waals surface area contributed by atoms with Gasteiger partial charge in [0.15, 0.2) is 0 Å². The van der Waals surface area contributed by atoms with Gasteiger partial charge in [-0.3, -0.25) is 35.1 Å². The summed E-state index contributed by atoms with van der Waals surface area (Å²) in [4.78, 5) is 84.9. The molecule has 4 heterocycles. The molecule has 0 bridgehead atoms. The molecule has 3 aromatic carbocycles. The highest BCUT2D eigenvalue weighted by Crippen LogP contribution is 2.48. The summed E-state index contributed by atoms with van der Waals surface area (Å²) in [6.07, 6.45) is -1.80. The molecule has 2 atom stereocenters. The molecular formula is C37H26N6O13. The topological polar surface area (TPSA) is 259 Å². The predicted molar refractivity (Wildman–Crippen MR) is 193 cm³/mol. The highest BCUT2D eigenvalue weighted by molar-refractivity contribution is 6.26. The monoisotopic (exact) mass is 762 g/mol. The van der Waals surface area contributed by atoms with Gasteiger partial charge in [-0.2, -0.15) is 0 Å². The molecule has 282 valence electrons. The summed E-state index contributed by atoms with van der Waals surface area (Å²) >= 11 is 0. The number of pyridine rings is 2. The first-order valence-corrected chi connectivity index (χ1v) is 16.9. The van der Waals surface area contributed by atoms with Crippen LogP contribution in [0.1, 0.15) is 53.6 Å². The number of phenols is 1. The van der Waals surface area contributed by atoms with Crippen LogP contribution in [0.2, 0.25) is 0 Å². The Kier molecular flexibility index (Phi) is 7.92. The second-order valence-electron chi connectivity index (χ2n) is 13.4. The lowest BCUT2D eigenvalue weighted by Gasteiger charge is -2.36. The van der Waals surface area contributed by atoms with Gasteiger partial charge in [0.25, 0.3) is 22.6 Å². The first-order chi connectivity index (χ1) is 26.6. The highest BCUT2D eigenvalue weighted by atomic mass is 16.7. The van der Waals surface area contributed by atoms with E-state index in [4.69, 9.17) is 19.3 Å². The Hall–Kier alpha value is -7.57. The molecule has 2 aromatic heterocycles. The van der Waals surface area contributed by atoms with Crippen molar-refractivity contribution in [1.29, 1.82) is 0 Å². The fraction of sp³-hybridized carbons (Fsp3) is 0.216. The van der Waals surface area contributed by atoms with Crippen LogP contribution in [0.3, 0.4) is 0 Å². The molecule has 2 aliphatic heterocycles. The summed E-state index contributed by atoms with van der Waals surface area (Å²) in [6, 6.07) is 12.1. The summed E-state index contributed by atoms with van der Waals surface area (Å²) in [6.45, 7) is 3.99. The average Bonchev–Trinajstić information content (AvgIpc) is 3.68. The van der Waals surface area contributed by atoms with Crippen molar-refractivity contribution in [2.24, 2.45) is 5.16 Å². The summed E-state index contributed by atoms with van der Waals surface area (Å²) in [5.74, 6) is -2.06. The molecule has 19 heteroatoms. The van der Waals surface area contributed by atoms with Crippen LogP contribution in [-0.2, 0) is 42.7 Å². The predicted octanol–water partition coefficient (Wildman–Crippen LogP) is 5.21. The number of aryl methyl sites for hydroxylation is 1. The van der Waals surface area contributed by atoms with Crippen LogP contribution in [0.15, 0.2) is 64.5 Å². The summed E-state index contributed by atoms with van der Waals surface area (Å²) in [5, 5.41) is 50.4. The quantitative estimate of drug-likeness (QED) is 0.118. The van der Waals surface area contributed by atoms with Gasteiger partial charge in [-0.15, -0.1) is 0 Å².